The molecule has 1 fully saturated rings. The van der Waals surface area contributed by atoms with Crippen LogP contribution in [0, 0.1) is 0 Å². The molecule has 1 amide bonds. The van der Waals surface area contributed by atoms with Crippen LogP contribution in [0.3, 0.4) is 0 Å². The lowest BCUT2D eigenvalue weighted by Crippen LogP contribution is -2.48. The number of hydrazine groups is 1. The summed E-state index contributed by atoms with van der Waals surface area (Å²) < 4.78 is 0. The standard InChI is InChI=1S/C5H11N3O/c1-7-4(9)5(8-6)2-3-5/h8H,2-3,6H2,1H3,(H,7,9). The molecule has 1 rings (SSSR count). The van der Waals surface area contributed by atoms with Crippen molar-refractivity contribution in [3.8, 4) is 0 Å². The lowest BCUT2D eigenvalue weighted by atomic mass is 10.3. The summed E-state index contributed by atoms with van der Waals surface area (Å²) in [6, 6.07) is 0. The fourth-order valence-electron chi connectivity index (χ4n) is 0.801. The van der Waals surface area contributed by atoms with E-state index in [0.717, 1.165) is 12.8 Å². The SMILES string of the molecule is CNC(=O)C1(NN)CC1. The molecule has 52 valence electrons. The molecular weight excluding hydrogens is 118 g/mol. The Labute approximate surface area is 53.8 Å². The molecule has 0 heterocycles. The normalized spacial score (nSPS) is 21.1. The highest BCUT2D eigenvalue weighted by molar-refractivity contribution is 5.88. The van der Waals surface area contributed by atoms with Crippen molar-refractivity contribution in [2.45, 2.75) is 18.4 Å². The average molecular weight is 129 g/mol. The summed E-state index contributed by atoms with van der Waals surface area (Å²) in [4.78, 5) is 10.9. The van der Waals surface area contributed by atoms with E-state index in [-0.39, 0.29) is 5.91 Å². The van der Waals surface area contributed by atoms with Crippen LogP contribution >= 0.6 is 0 Å². The van der Waals surface area contributed by atoms with E-state index in [9.17, 15) is 4.79 Å². The van der Waals surface area contributed by atoms with Gasteiger partial charge in [0.1, 0.15) is 5.54 Å². The first-order chi connectivity index (χ1) is 4.25. The van der Waals surface area contributed by atoms with E-state index >= 15 is 0 Å². The third-order valence-electron chi connectivity index (χ3n) is 1.69. The minimum absolute atomic E-state index is 0.00926. The zero-order valence-corrected chi connectivity index (χ0v) is 5.40. The molecule has 4 heteroatoms. The van der Waals surface area contributed by atoms with Crippen molar-refractivity contribution >= 4 is 5.91 Å². The Hall–Kier alpha value is -0.610. The number of carbonyl (C=O) groups excluding carboxylic acids is 1. The summed E-state index contributed by atoms with van der Waals surface area (Å²) in [6.07, 6.45) is 1.70. The molecule has 1 saturated carbocycles. The fraction of sp³-hybridized carbons (Fsp3) is 0.800. The minimum Gasteiger partial charge on any atom is -0.358 e. The molecule has 0 aromatic rings. The largest absolute Gasteiger partial charge is 0.358 e. The lowest BCUT2D eigenvalue weighted by molar-refractivity contribution is -0.123. The van der Waals surface area contributed by atoms with E-state index in [0.29, 0.717) is 0 Å². The summed E-state index contributed by atoms with van der Waals surface area (Å²) in [5.74, 6) is 5.13. The minimum atomic E-state index is -0.422. The Morgan fingerprint density at radius 1 is 1.67 bits per heavy atom. The maximum atomic E-state index is 10.9. The predicted octanol–water partition coefficient (Wildman–Crippen LogP) is -1.27. The topological polar surface area (TPSA) is 67.2 Å². The van der Waals surface area contributed by atoms with Crippen LogP contribution in [0.1, 0.15) is 12.8 Å². The second-order valence-corrected chi connectivity index (χ2v) is 2.31. The van der Waals surface area contributed by atoms with Crippen LogP contribution in [0.2, 0.25) is 0 Å². The Balaban J connectivity index is 2.49. The fourth-order valence-corrected chi connectivity index (χ4v) is 0.801. The number of likely N-dealkylation sites (N-methyl/N-ethyl adjacent to an activating group) is 1. The smallest absolute Gasteiger partial charge is 0.241 e. The van der Waals surface area contributed by atoms with Crippen LogP contribution in [0.15, 0.2) is 0 Å². The summed E-state index contributed by atoms with van der Waals surface area (Å²) in [7, 11) is 1.61. The summed E-state index contributed by atoms with van der Waals surface area (Å²) in [6.45, 7) is 0. The van der Waals surface area contributed by atoms with Crippen molar-refractivity contribution in [1.82, 2.24) is 10.7 Å². The van der Waals surface area contributed by atoms with Gasteiger partial charge in [0.25, 0.3) is 0 Å². The van der Waals surface area contributed by atoms with Gasteiger partial charge in [-0.15, -0.1) is 0 Å². The first-order valence-corrected chi connectivity index (χ1v) is 2.95. The van der Waals surface area contributed by atoms with Crippen LogP contribution < -0.4 is 16.6 Å². The molecule has 0 aromatic heterocycles. The van der Waals surface area contributed by atoms with Gasteiger partial charge in [-0.3, -0.25) is 10.6 Å². The van der Waals surface area contributed by atoms with Crippen LogP contribution in [0.5, 0.6) is 0 Å². The van der Waals surface area contributed by atoms with Gasteiger partial charge in [0.05, 0.1) is 0 Å². The van der Waals surface area contributed by atoms with E-state index in [1.54, 1.807) is 7.05 Å². The van der Waals surface area contributed by atoms with Crippen molar-refractivity contribution in [2.75, 3.05) is 7.05 Å². The number of nitrogens with one attached hydrogen (secondary N) is 2. The van der Waals surface area contributed by atoms with Crippen LogP contribution in [0.4, 0.5) is 0 Å². The number of carbonyl (C=O) groups is 1. The number of nitrogens with two attached hydrogens (primary N) is 1. The molecule has 0 aliphatic heterocycles. The molecule has 1 aliphatic rings. The number of hydrogen-bond donors (Lipinski definition) is 3. The lowest BCUT2D eigenvalue weighted by Gasteiger charge is -2.09. The first kappa shape index (κ1) is 6.51. The molecule has 0 aromatic carbocycles. The van der Waals surface area contributed by atoms with Crippen molar-refractivity contribution in [2.24, 2.45) is 5.84 Å². The average Bonchev–Trinajstić information content (AvgIpc) is 2.66. The highest BCUT2D eigenvalue weighted by Gasteiger charge is 2.48. The first-order valence-electron chi connectivity index (χ1n) is 2.95. The third-order valence-corrected chi connectivity index (χ3v) is 1.69. The van der Waals surface area contributed by atoms with E-state index in [1.807, 2.05) is 0 Å². The van der Waals surface area contributed by atoms with Gasteiger partial charge in [0.15, 0.2) is 0 Å². The Kier molecular flexibility index (Phi) is 1.42. The third kappa shape index (κ3) is 0.906. The molecule has 4 nitrogen and oxygen atoms in total. The highest BCUT2D eigenvalue weighted by Crippen LogP contribution is 2.34. The zero-order valence-electron chi connectivity index (χ0n) is 5.40. The van der Waals surface area contributed by atoms with Gasteiger partial charge in [0, 0.05) is 7.05 Å². The maximum absolute atomic E-state index is 10.9. The van der Waals surface area contributed by atoms with Gasteiger partial charge < -0.3 is 5.32 Å². The quantitative estimate of drug-likeness (QED) is 0.321. The summed E-state index contributed by atoms with van der Waals surface area (Å²) in [5.41, 5.74) is 2.07. The molecule has 0 spiro atoms. The van der Waals surface area contributed by atoms with Gasteiger partial charge in [-0.1, -0.05) is 0 Å². The van der Waals surface area contributed by atoms with Crippen molar-refractivity contribution in [3.05, 3.63) is 0 Å². The molecule has 0 bridgehead atoms. The van der Waals surface area contributed by atoms with Crippen molar-refractivity contribution in [3.63, 3.8) is 0 Å². The van der Waals surface area contributed by atoms with Gasteiger partial charge in [-0.25, -0.2) is 5.43 Å². The van der Waals surface area contributed by atoms with Crippen molar-refractivity contribution < 1.29 is 4.79 Å². The molecule has 0 atom stereocenters. The monoisotopic (exact) mass is 129 g/mol. The highest BCUT2D eigenvalue weighted by atomic mass is 16.2. The van der Waals surface area contributed by atoms with E-state index in [4.69, 9.17) is 5.84 Å². The second kappa shape index (κ2) is 1.97. The molecule has 0 radical (unpaired) electrons. The van der Waals surface area contributed by atoms with Crippen LogP contribution in [-0.2, 0) is 4.79 Å². The molecule has 0 saturated heterocycles. The van der Waals surface area contributed by atoms with Gasteiger partial charge in [-0.05, 0) is 12.8 Å². The number of rotatable bonds is 2. The molecule has 9 heavy (non-hydrogen) atoms. The van der Waals surface area contributed by atoms with Gasteiger partial charge in [0.2, 0.25) is 5.91 Å². The molecule has 4 N–H and O–H groups in total. The van der Waals surface area contributed by atoms with Gasteiger partial charge >= 0.3 is 0 Å². The van der Waals surface area contributed by atoms with Crippen molar-refractivity contribution in [1.29, 1.82) is 0 Å². The zero-order chi connectivity index (χ0) is 6.91. The van der Waals surface area contributed by atoms with E-state index in [2.05, 4.69) is 10.7 Å². The van der Waals surface area contributed by atoms with E-state index in [1.165, 1.54) is 0 Å². The number of hydrogen-bond acceptors (Lipinski definition) is 3. The Bertz CT molecular complexity index is 130. The Morgan fingerprint density at radius 2 is 2.22 bits per heavy atom. The summed E-state index contributed by atoms with van der Waals surface area (Å²) >= 11 is 0. The summed E-state index contributed by atoms with van der Waals surface area (Å²) in [5, 5.41) is 2.54. The Morgan fingerprint density at radius 3 is 2.33 bits per heavy atom. The van der Waals surface area contributed by atoms with Crippen LogP contribution in [0.25, 0.3) is 0 Å². The predicted molar refractivity (Wildman–Crippen MR) is 33.4 cm³/mol. The van der Waals surface area contributed by atoms with E-state index < -0.39 is 5.54 Å². The molecular formula is C5H11N3O. The molecule has 1 aliphatic carbocycles. The number of amides is 1. The second-order valence-electron chi connectivity index (χ2n) is 2.31. The molecule has 0 unspecified atom stereocenters. The maximum Gasteiger partial charge on any atom is 0.241 e. The van der Waals surface area contributed by atoms with Crippen LogP contribution in [-0.4, -0.2) is 18.5 Å². The van der Waals surface area contributed by atoms with Gasteiger partial charge in [-0.2, -0.15) is 0 Å².